The van der Waals surface area contributed by atoms with E-state index in [1.54, 1.807) is 41.3 Å². The third-order valence-corrected chi connectivity index (χ3v) is 8.47. The number of carbonyl (C=O) groups is 3. The van der Waals surface area contributed by atoms with E-state index in [9.17, 15) is 14.4 Å². The normalized spacial score (nSPS) is 17.6. The zero-order valence-corrected chi connectivity index (χ0v) is 23.9. The summed E-state index contributed by atoms with van der Waals surface area (Å²) in [6.45, 7) is 6.34. The first-order valence-corrected chi connectivity index (χ1v) is 14.5. The number of anilines is 2. The Kier molecular flexibility index (Phi) is 8.55. The van der Waals surface area contributed by atoms with Crippen LogP contribution >= 0.6 is 11.6 Å². The number of amides is 3. The predicted molar refractivity (Wildman–Crippen MR) is 160 cm³/mol. The quantitative estimate of drug-likeness (QED) is 0.364. The first-order chi connectivity index (χ1) is 19.3. The van der Waals surface area contributed by atoms with E-state index >= 15 is 0 Å². The van der Waals surface area contributed by atoms with Gasteiger partial charge in [-0.15, -0.1) is 0 Å². The molecule has 6 nitrogen and oxygen atoms in total. The first-order valence-electron chi connectivity index (χ1n) is 14.2. The molecule has 40 heavy (non-hydrogen) atoms. The molecule has 1 fully saturated rings. The van der Waals surface area contributed by atoms with Crippen LogP contribution in [0.25, 0.3) is 0 Å². The van der Waals surface area contributed by atoms with Crippen LogP contribution in [0.2, 0.25) is 5.02 Å². The third-order valence-electron chi connectivity index (χ3n) is 8.24. The Morgan fingerprint density at radius 1 is 0.925 bits per heavy atom. The van der Waals surface area contributed by atoms with Gasteiger partial charge in [0, 0.05) is 53.6 Å². The van der Waals surface area contributed by atoms with Crippen LogP contribution in [0.15, 0.2) is 66.7 Å². The van der Waals surface area contributed by atoms with Crippen LogP contribution in [0.3, 0.4) is 0 Å². The molecule has 0 aromatic heterocycles. The fourth-order valence-electron chi connectivity index (χ4n) is 5.77. The van der Waals surface area contributed by atoms with E-state index in [-0.39, 0.29) is 23.6 Å². The first kappa shape index (κ1) is 27.9. The number of fused-ring (bicyclic) bond motifs is 1. The van der Waals surface area contributed by atoms with Crippen LogP contribution in [-0.2, 0) is 4.79 Å². The molecule has 0 bridgehead atoms. The largest absolute Gasteiger partial charge is 0.343 e. The molecule has 208 valence electrons. The molecule has 0 spiro atoms. The van der Waals surface area contributed by atoms with Gasteiger partial charge in [0.15, 0.2) is 0 Å². The molecule has 0 radical (unpaired) electrons. The summed E-state index contributed by atoms with van der Waals surface area (Å²) in [5, 5.41) is 3.52. The van der Waals surface area contributed by atoms with Crippen LogP contribution < -0.4 is 10.2 Å². The van der Waals surface area contributed by atoms with E-state index < -0.39 is 0 Å². The van der Waals surface area contributed by atoms with Gasteiger partial charge in [0.2, 0.25) is 5.91 Å². The average Bonchev–Trinajstić information content (AvgIpc) is 3.12. The Morgan fingerprint density at radius 3 is 2.38 bits per heavy atom. The van der Waals surface area contributed by atoms with Gasteiger partial charge >= 0.3 is 0 Å². The Labute approximate surface area is 241 Å². The van der Waals surface area contributed by atoms with Crippen LogP contribution in [0.4, 0.5) is 11.4 Å². The molecular weight excluding hydrogens is 522 g/mol. The van der Waals surface area contributed by atoms with Crippen LogP contribution in [0, 0.1) is 12.8 Å². The van der Waals surface area contributed by atoms with Gasteiger partial charge in [-0.05, 0) is 104 Å². The zero-order chi connectivity index (χ0) is 28.2. The van der Waals surface area contributed by atoms with E-state index in [1.807, 2.05) is 42.2 Å². The van der Waals surface area contributed by atoms with Gasteiger partial charge in [-0.1, -0.05) is 36.7 Å². The lowest BCUT2D eigenvalue weighted by molar-refractivity contribution is -0.133. The van der Waals surface area contributed by atoms with E-state index in [1.165, 1.54) is 0 Å². The molecule has 3 amide bonds. The number of likely N-dealkylation sites (tertiary alicyclic amines) is 1. The highest BCUT2D eigenvalue weighted by Gasteiger charge is 2.30. The Morgan fingerprint density at radius 2 is 1.65 bits per heavy atom. The van der Waals surface area contributed by atoms with Crippen molar-refractivity contribution in [3.8, 4) is 0 Å². The standard InChI is InChI=1S/C33H36ClN3O3/c1-22-15-18-36(19-16-22)31(38)20-25-7-5-17-37(30-14-11-26(34)21-29(25)30)33(40)24-9-12-27(13-10-24)35-32(39)28-8-4-3-6-23(28)2/h3-4,6,8-14,21-22,25H,5,7,15-20H2,1-2H3,(H,35,39). The maximum atomic E-state index is 13.7. The van der Waals surface area contributed by atoms with Crippen molar-refractivity contribution in [2.75, 3.05) is 29.9 Å². The van der Waals surface area contributed by atoms with Gasteiger partial charge in [-0.2, -0.15) is 0 Å². The van der Waals surface area contributed by atoms with E-state index in [4.69, 9.17) is 11.6 Å². The number of hydrogen-bond acceptors (Lipinski definition) is 3. The van der Waals surface area contributed by atoms with Crippen molar-refractivity contribution < 1.29 is 14.4 Å². The second kappa shape index (κ2) is 12.3. The molecule has 2 heterocycles. The maximum Gasteiger partial charge on any atom is 0.258 e. The molecule has 2 aliphatic rings. The van der Waals surface area contributed by atoms with Crippen molar-refractivity contribution in [3.63, 3.8) is 0 Å². The third kappa shape index (κ3) is 6.23. The number of carbonyl (C=O) groups excluding carboxylic acids is 3. The number of piperidine rings is 1. The number of hydrogen-bond donors (Lipinski definition) is 1. The van der Waals surface area contributed by atoms with Crippen molar-refractivity contribution in [2.24, 2.45) is 5.92 Å². The van der Waals surface area contributed by atoms with Crippen LogP contribution in [0.1, 0.15) is 76.8 Å². The minimum absolute atomic E-state index is 0.0115. The number of nitrogens with zero attached hydrogens (tertiary/aromatic N) is 2. The second-order valence-electron chi connectivity index (χ2n) is 11.1. The molecule has 1 atom stereocenters. The highest BCUT2D eigenvalue weighted by Crippen LogP contribution is 2.39. The molecule has 7 heteroatoms. The minimum atomic E-state index is -0.185. The summed E-state index contributed by atoms with van der Waals surface area (Å²) in [4.78, 5) is 43.5. The van der Waals surface area contributed by atoms with Gasteiger partial charge in [0.1, 0.15) is 0 Å². The van der Waals surface area contributed by atoms with Gasteiger partial charge < -0.3 is 15.1 Å². The molecule has 1 saturated heterocycles. The molecule has 1 N–H and O–H groups in total. The summed E-state index contributed by atoms with van der Waals surface area (Å²) < 4.78 is 0. The maximum absolute atomic E-state index is 13.7. The van der Waals surface area contributed by atoms with Gasteiger partial charge in [-0.3, -0.25) is 14.4 Å². The summed E-state index contributed by atoms with van der Waals surface area (Å²) in [6.07, 6.45) is 4.14. The molecule has 2 aliphatic heterocycles. The summed E-state index contributed by atoms with van der Waals surface area (Å²) in [5.74, 6) is 0.565. The Hall–Kier alpha value is -3.64. The summed E-state index contributed by atoms with van der Waals surface area (Å²) in [7, 11) is 0. The molecule has 5 rings (SSSR count). The molecular formula is C33H36ClN3O3. The number of halogens is 1. The fraction of sp³-hybridized carbons (Fsp3) is 0.364. The van der Waals surface area contributed by atoms with E-state index in [2.05, 4.69) is 12.2 Å². The smallest absolute Gasteiger partial charge is 0.258 e. The monoisotopic (exact) mass is 557 g/mol. The van der Waals surface area contributed by atoms with Crippen molar-refractivity contribution in [3.05, 3.63) is 94.0 Å². The Balaban J connectivity index is 1.32. The number of nitrogens with one attached hydrogen (secondary N) is 1. The van der Waals surface area contributed by atoms with Crippen LogP contribution in [0.5, 0.6) is 0 Å². The topological polar surface area (TPSA) is 69.7 Å². The van der Waals surface area contributed by atoms with Crippen molar-refractivity contribution in [2.45, 2.75) is 51.9 Å². The lowest BCUT2D eigenvalue weighted by atomic mass is 9.90. The molecule has 0 saturated carbocycles. The van der Waals surface area contributed by atoms with Crippen molar-refractivity contribution in [1.82, 2.24) is 4.90 Å². The summed E-state index contributed by atoms with van der Waals surface area (Å²) in [5.41, 5.74) is 4.45. The number of aryl methyl sites for hydroxylation is 1. The lowest BCUT2D eigenvalue weighted by Crippen LogP contribution is -2.38. The number of benzene rings is 3. The predicted octanol–water partition coefficient (Wildman–Crippen LogP) is 7.07. The van der Waals surface area contributed by atoms with Crippen molar-refractivity contribution >= 4 is 40.7 Å². The molecule has 3 aromatic rings. The summed E-state index contributed by atoms with van der Waals surface area (Å²) in [6, 6.07) is 20.1. The Bertz CT molecular complexity index is 1400. The molecule has 1 unspecified atom stereocenters. The van der Waals surface area contributed by atoms with Gasteiger partial charge in [0.25, 0.3) is 11.8 Å². The SMILES string of the molecule is Cc1ccccc1C(=O)Nc1ccc(C(=O)N2CCCC(CC(=O)N3CCC(C)CC3)c3cc(Cl)ccc32)cc1. The summed E-state index contributed by atoms with van der Waals surface area (Å²) >= 11 is 6.42. The van der Waals surface area contributed by atoms with Gasteiger partial charge in [0.05, 0.1) is 0 Å². The van der Waals surface area contributed by atoms with Crippen LogP contribution in [-0.4, -0.2) is 42.3 Å². The minimum Gasteiger partial charge on any atom is -0.343 e. The highest BCUT2D eigenvalue weighted by atomic mass is 35.5. The van der Waals surface area contributed by atoms with Crippen molar-refractivity contribution in [1.29, 1.82) is 0 Å². The van der Waals surface area contributed by atoms with E-state index in [0.717, 1.165) is 55.6 Å². The number of rotatable bonds is 5. The zero-order valence-electron chi connectivity index (χ0n) is 23.2. The average molecular weight is 558 g/mol. The molecule has 3 aromatic carbocycles. The fourth-order valence-corrected chi connectivity index (χ4v) is 5.95. The highest BCUT2D eigenvalue weighted by molar-refractivity contribution is 6.30. The van der Waals surface area contributed by atoms with Gasteiger partial charge in [-0.25, -0.2) is 0 Å². The second-order valence-corrected chi connectivity index (χ2v) is 11.5. The van der Waals surface area contributed by atoms with E-state index in [0.29, 0.717) is 40.7 Å². The molecule has 0 aliphatic carbocycles. The lowest BCUT2D eigenvalue weighted by Gasteiger charge is -2.31.